The minimum absolute atomic E-state index is 0.0855. The molecule has 8 aromatic rings. The van der Waals surface area contributed by atoms with Gasteiger partial charge in [0.15, 0.2) is 5.78 Å². The number of aromatic nitrogens is 1. The largest absolute Gasteiger partial charge is 0.497 e. The minimum atomic E-state index is -0.281. The molecule has 1 unspecified atom stereocenters. The van der Waals surface area contributed by atoms with Crippen molar-refractivity contribution in [3.05, 3.63) is 157 Å². The van der Waals surface area contributed by atoms with Crippen LogP contribution >= 0.6 is 0 Å². The molecule has 1 aliphatic rings. The van der Waals surface area contributed by atoms with Gasteiger partial charge in [-0.05, 0) is 112 Å². The van der Waals surface area contributed by atoms with Gasteiger partial charge in [-0.15, -0.1) is 0 Å². The number of fused-ring (bicyclic) bond motifs is 4. The zero-order valence-electron chi connectivity index (χ0n) is 31.5. The number of ketones is 1. The highest BCUT2D eigenvalue weighted by atomic mass is 16.5. The number of benzene rings is 7. The first-order valence-electron chi connectivity index (χ1n) is 18.5. The maximum atomic E-state index is 13.4. The van der Waals surface area contributed by atoms with E-state index in [4.69, 9.17) is 23.7 Å². The van der Waals surface area contributed by atoms with Crippen molar-refractivity contribution in [2.24, 2.45) is 0 Å². The number of carbonyl (C=O) groups is 1. The second kappa shape index (κ2) is 14.3. The molecule has 7 aromatic carbocycles. The summed E-state index contributed by atoms with van der Waals surface area (Å²) in [4.78, 5) is 13.4. The number of nitrogens with zero attached hydrogens (tertiary/aromatic N) is 1. The highest BCUT2D eigenvalue weighted by molar-refractivity contribution is 6.11. The molecule has 9 rings (SSSR count). The molecule has 0 aliphatic carbocycles. The Kier molecular flexibility index (Phi) is 8.90. The molecular weight excluding hydrogens is 699 g/mol. The first-order valence-corrected chi connectivity index (χ1v) is 18.5. The lowest BCUT2D eigenvalue weighted by Crippen LogP contribution is -2.20. The Labute approximate surface area is 325 Å². The van der Waals surface area contributed by atoms with E-state index in [1.807, 2.05) is 84.9 Å². The minimum Gasteiger partial charge on any atom is -0.497 e. The van der Waals surface area contributed by atoms with Gasteiger partial charge in [0.25, 0.3) is 0 Å². The molecule has 0 amide bonds. The van der Waals surface area contributed by atoms with Crippen LogP contribution in [-0.4, -0.2) is 38.8 Å². The quantitative estimate of drug-likeness (QED) is 0.147. The first-order chi connectivity index (χ1) is 27.4. The first kappa shape index (κ1) is 34.8. The topological polar surface area (TPSA) is 68.2 Å². The van der Waals surface area contributed by atoms with Crippen LogP contribution in [0.1, 0.15) is 28.4 Å². The maximum absolute atomic E-state index is 13.4. The average Bonchev–Trinajstić information content (AvgIpc) is 3.59. The molecule has 0 fully saturated rings. The van der Waals surface area contributed by atoms with E-state index in [1.54, 1.807) is 28.4 Å². The summed E-state index contributed by atoms with van der Waals surface area (Å²) in [5.41, 5.74) is 10.8. The summed E-state index contributed by atoms with van der Waals surface area (Å²) >= 11 is 0. The van der Waals surface area contributed by atoms with Crippen LogP contribution in [0.4, 0.5) is 0 Å². The SMILES string of the molecule is COc1cc(OC)cc(-c2ccc3c(c2)c2cc(-c4cc(OC)cc(OC)c4)ccc2n3-c2ccc(-c3ccc4c(c3)C(=O)CC(c3ccccc3)O4)cc2)c1. The standard InChI is InChI=1S/C49H39NO6/c1-52-38-20-35(21-39(27-38)53-2)33-12-17-45-42(24-33)43-25-34(36-22-40(54-3)28-41(23-36)55-4)13-18-46(43)50(45)37-15-10-30(11-16-37)32-14-19-48-44(26-32)47(51)29-49(56-48)31-8-6-5-7-9-31/h5-28,49H,29H2,1-4H3. The van der Waals surface area contributed by atoms with E-state index in [9.17, 15) is 4.79 Å². The van der Waals surface area contributed by atoms with Gasteiger partial charge in [0.05, 0.1) is 51.5 Å². The Morgan fingerprint density at radius 1 is 0.500 bits per heavy atom. The second-order valence-electron chi connectivity index (χ2n) is 13.9. The van der Waals surface area contributed by atoms with E-state index in [-0.39, 0.29) is 11.9 Å². The molecule has 1 aromatic heterocycles. The van der Waals surface area contributed by atoms with Crippen LogP contribution in [0, 0.1) is 0 Å². The third-order valence-electron chi connectivity index (χ3n) is 10.7. The molecule has 0 bridgehead atoms. The summed E-state index contributed by atoms with van der Waals surface area (Å²) in [6, 6.07) is 49.3. The van der Waals surface area contributed by atoms with E-state index < -0.39 is 0 Å². The number of carbonyl (C=O) groups excluding carboxylic acids is 1. The monoisotopic (exact) mass is 737 g/mol. The lowest BCUT2D eigenvalue weighted by atomic mass is 9.93. The van der Waals surface area contributed by atoms with E-state index in [0.29, 0.717) is 17.7 Å². The van der Waals surface area contributed by atoms with Crippen LogP contribution in [0.5, 0.6) is 28.7 Å². The number of hydrogen-bond acceptors (Lipinski definition) is 6. The molecule has 0 saturated carbocycles. The summed E-state index contributed by atoms with van der Waals surface area (Å²) in [5, 5.41) is 2.20. The highest BCUT2D eigenvalue weighted by Gasteiger charge is 2.28. The third-order valence-corrected chi connectivity index (χ3v) is 10.7. The third kappa shape index (κ3) is 6.27. The van der Waals surface area contributed by atoms with Gasteiger partial charge in [0, 0.05) is 28.6 Å². The molecule has 1 aliphatic heterocycles. The fourth-order valence-electron chi connectivity index (χ4n) is 7.77. The molecule has 7 heteroatoms. The van der Waals surface area contributed by atoms with Crippen molar-refractivity contribution in [2.75, 3.05) is 28.4 Å². The Morgan fingerprint density at radius 3 is 1.50 bits per heavy atom. The Balaban J connectivity index is 1.14. The van der Waals surface area contributed by atoms with Gasteiger partial charge < -0.3 is 28.3 Å². The van der Waals surface area contributed by atoms with E-state index in [0.717, 1.165) is 89.4 Å². The van der Waals surface area contributed by atoms with Gasteiger partial charge in [-0.25, -0.2) is 0 Å². The second-order valence-corrected chi connectivity index (χ2v) is 13.9. The van der Waals surface area contributed by atoms with Gasteiger partial charge in [-0.2, -0.15) is 0 Å². The summed E-state index contributed by atoms with van der Waals surface area (Å²) in [6.07, 6.45) is 0.0317. The van der Waals surface area contributed by atoms with E-state index >= 15 is 0 Å². The van der Waals surface area contributed by atoms with Crippen molar-refractivity contribution in [1.82, 2.24) is 4.57 Å². The Morgan fingerprint density at radius 2 is 0.982 bits per heavy atom. The van der Waals surface area contributed by atoms with Crippen molar-refractivity contribution >= 4 is 27.6 Å². The molecular formula is C49H39NO6. The summed E-state index contributed by atoms with van der Waals surface area (Å²) < 4.78 is 31.0. The van der Waals surface area contributed by atoms with Gasteiger partial charge in [-0.1, -0.05) is 60.7 Å². The van der Waals surface area contributed by atoms with E-state index in [2.05, 4.69) is 65.2 Å². The lowest BCUT2D eigenvalue weighted by molar-refractivity contribution is 0.0850. The van der Waals surface area contributed by atoms with Gasteiger partial charge >= 0.3 is 0 Å². The van der Waals surface area contributed by atoms with Gasteiger partial charge in [0.2, 0.25) is 0 Å². The zero-order chi connectivity index (χ0) is 38.3. The predicted octanol–water partition coefficient (Wildman–Crippen LogP) is 11.5. The van der Waals surface area contributed by atoms with Crippen LogP contribution in [0.25, 0.3) is 60.9 Å². The molecule has 0 spiro atoms. The van der Waals surface area contributed by atoms with Crippen LogP contribution in [0.3, 0.4) is 0 Å². The molecule has 276 valence electrons. The fourth-order valence-corrected chi connectivity index (χ4v) is 7.77. The normalized spacial score (nSPS) is 13.6. The fraction of sp³-hybridized carbons (Fsp3) is 0.122. The average molecular weight is 738 g/mol. The molecule has 0 saturated heterocycles. The number of ether oxygens (including phenoxy) is 5. The van der Waals surface area contributed by atoms with Crippen molar-refractivity contribution in [3.8, 4) is 67.8 Å². The summed E-state index contributed by atoms with van der Waals surface area (Å²) in [6.45, 7) is 0. The van der Waals surface area contributed by atoms with Crippen LogP contribution in [0.2, 0.25) is 0 Å². The Bertz CT molecular complexity index is 2610. The van der Waals surface area contributed by atoms with Crippen molar-refractivity contribution < 1.29 is 28.5 Å². The highest BCUT2D eigenvalue weighted by Crippen LogP contribution is 2.41. The van der Waals surface area contributed by atoms with Crippen molar-refractivity contribution in [1.29, 1.82) is 0 Å². The summed E-state index contributed by atoms with van der Waals surface area (Å²) in [5.74, 6) is 3.61. The number of Topliss-reactive ketones (excluding diaryl/α,β-unsaturated/α-hetero) is 1. The van der Waals surface area contributed by atoms with Crippen LogP contribution < -0.4 is 23.7 Å². The van der Waals surface area contributed by atoms with E-state index in [1.165, 1.54) is 0 Å². The van der Waals surface area contributed by atoms with Crippen molar-refractivity contribution in [3.63, 3.8) is 0 Å². The zero-order valence-corrected chi connectivity index (χ0v) is 31.5. The predicted molar refractivity (Wildman–Crippen MR) is 222 cm³/mol. The maximum Gasteiger partial charge on any atom is 0.170 e. The molecule has 1 atom stereocenters. The summed E-state index contributed by atoms with van der Waals surface area (Å²) in [7, 11) is 6.65. The number of methoxy groups -OCH3 is 4. The molecule has 0 N–H and O–H groups in total. The van der Waals surface area contributed by atoms with Crippen LogP contribution in [-0.2, 0) is 0 Å². The number of hydrogen-bond donors (Lipinski definition) is 0. The van der Waals surface area contributed by atoms with Crippen molar-refractivity contribution in [2.45, 2.75) is 12.5 Å². The smallest absolute Gasteiger partial charge is 0.170 e. The molecule has 56 heavy (non-hydrogen) atoms. The molecule has 0 radical (unpaired) electrons. The van der Waals surface area contributed by atoms with Gasteiger partial charge in [-0.3, -0.25) is 4.79 Å². The lowest BCUT2D eigenvalue weighted by Gasteiger charge is -2.26. The van der Waals surface area contributed by atoms with Gasteiger partial charge in [0.1, 0.15) is 34.9 Å². The molecule has 2 heterocycles. The number of rotatable bonds is 9. The Hall–Kier alpha value is -6.99. The van der Waals surface area contributed by atoms with Crippen LogP contribution in [0.15, 0.2) is 146 Å². The molecule has 7 nitrogen and oxygen atoms in total.